The zero-order valence-electron chi connectivity index (χ0n) is 31.5. The van der Waals surface area contributed by atoms with Crippen LogP contribution in [0.25, 0.3) is 0 Å². The Labute approximate surface area is 337 Å². The summed E-state index contributed by atoms with van der Waals surface area (Å²) in [5, 5.41) is 25.3. The molecule has 21 heteroatoms. The van der Waals surface area contributed by atoms with Gasteiger partial charge in [-0.15, -0.1) is 23.2 Å². The number of benzene rings is 1. The highest BCUT2D eigenvalue weighted by Crippen LogP contribution is 2.22. The van der Waals surface area contributed by atoms with Crippen LogP contribution in [0.5, 0.6) is 0 Å². The molecule has 5 rings (SSSR count). The Balaban J connectivity index is 1.26. The molecule has 4 aromatic heterocycles. The Morgan fingerprint density at radius 3 is 1.91 bits per heavy atom. The standard InChI is InChI=1S/C36H42Cl2N14O5/c1-47-20-24(43-35(56)31-45-30(21-49(31)3)52(51(14-11-37)15-12-38)36(57)22-8-6-5-7-9-22)17-25(47)33(54)42-23-16-26(48(2)19-23)34(55)44-29-18-27(50(4)46-29)32(53)41-13-10-28(39)40/h5-9,16-21H,10-15H2,1-4H3,(H3,39,40)(H,41,53)(H,42,54)(H,43,56)(H,44,46,55). The molecule has 0 atom stereocenters. The lowest BCUT2D eigenvalue weighted by Gasteiger charge is -2.32. The number of rotatable bonds is 17. The number of aryl methyl sites for hydroxylation is 4. The number of amidine groups is 1. The number of alkyl halides is 2. The number of aromatic nitrogens is 6. The monoisotopic (exact) mass is 820 g/mol. The molecule has 5 aromatic rings. The van der Waals surface area contributed by atoms with E-state index in [1.807, 2.05) is 0 Å². The summed E-state index contributed by atoms with van der Waals surface area (Å²) in [7, 11) is 6.43. The van der Waals surface area contributed by atoms with Gasteiger partial charge in [0.25, 0.3) is 29.5 Å². The predicted octanol–water partition coefficient (Wildman–Crippen LogP) is 2.98. The number of nitrogens with one attached hydrogen (secondary N) is 5. The van der Waals surface area contributed by atoms with Crippen molar-refractivity contribution in [2.45, 2.75) is 6.42 Å². The number of carbonyl (C=O) groups excluding carboxylic acids is 5. The van der Waals surface area contributed by atoms with Crippen molar-refractivity contribution in [2.75, 3.05) is 52.4 Å². The van der Waals surface area contributed by atoms with E-state index in [1.165, 1.54) is 41.6 Å². The molecule has 0 radical (unpaired) electrons. The maximum absolute atomic E-state index is 13.7. The zero-order valence-corrected chi connectivity index (χ0v) is 33.1. The van der Waals surface area contributed by atoms with Gasteiger partial charge in [-0.1, -0.05) is 18.2 Å². The first-order valence-corrected chi connectivity index (χ1v) is 18.5. The topological polar surface area (TPSA) is 235 Å². The van der Waals surface area contributed by atoms with Gasteiger partial charge in [0.2, 0.25) is 5.82 Å². The second kappa shape index (κ2) is 18.5. The first kappa shape index (κ1) is 41.7. The van der Waals surface area contributed by atoms with Crippen LogP contribution < -0.4 is 32.0 Å². The third-order valence-electron chi connectivity index (χ3n) is 8.49. The van der Waals surface area contributed by atoms with Crippen molar-refractivity contribution in [1.29, 1.82) is 5.41 Å². The highest BCUT2D eigenvalue weighted by atomic mass is 35.5. The summed E-state index contributed by atoms with van der Waals surface area (Å²) in [4.78, 5) is 70.8. The van der Waals surface area contributed by atoms with E-state index in [-0.39, 0.29) is 84.1 Å². The van der Waals surface area contributed by atoms with Crippen LogP contribution in [0.15, 0.2) is 67.1 Å². The smallest absolute Gasteiger partial charge is 0.291 e. The molecule has 4 heterocycles. The average molecular weight is 822 g/mol. The lowest BCUT2D eigenvalue weighted by molar-refractivity contribution is 0.0899. The number of hydrazine groups is 1. The van der Waals surface area contributed by atoms with Gasteiger partial charge in [0, 0.05) is 96.2 Å². The maximum Gasteiger partial charge on any atom is 0.291 e. The van der Waals surface area contributed by atoms with Crippen LogP contribution in [0.1, 0.15) is 58.9 Å². The molecule has 300 valence electrons. The molecular formula is C36H42Cl2N14O5. The number of imidazole rings is 1. The Bertz CT molecular complexity index is 2290. The van der Waals surface area contributed by atoms with Crippen molar-refractivity contribution in [3.8, 4) is 0 Å². The lowest BCUT2D eigenvalue weighted by atomic mass is 10.2. The summed E-state index contributed by atoms with van der Waals surface area (Å²) >= 11 is 12.1. The van der Waals surface area contributed by atoms with E-state index < -0.39 is 23.6 Å². The summed E-state index contributed by atoms with van der Waals surface area (Å²) in [6.07, 6.45) is 4.85. The Kier molecular flexibility index (Phi) is 13.5. The van der Waals surface area contributed by atoms with Gasteiger partial charge in [0.15, 0.2) is 11.6 Å². The van der Waals surface area contributed by atoms with E-state index in [0.29, 0.717) is 16.9 Å². The molecule has 0 aliphatic carbocycles. The molecule has 0 saturated heterocycles. The Hall–Kier alpha value is -6.44. The van der Waals surface area contributed by atoms with Gasteiger partial charge in [0.05, 0.1) is 17.2 Å². The van der Waals surface area contributed by atoms with E-state index in [0.717, 1.165) is 0 Å². The number of hydrogen-bond donors (Lipinski definition) is 6. The number of anilines is 4. The van der Waals surface area contributed by atoms with Gasteiger partial charge < -0.3 is 40.7 Å². The minimum Gasteiger partial charge on any atom is -0.388 e. The molecular weight excluding hydrogens is 779 g/mol. The highest BCUT2D eigenvalue weighted by molar-refractivity contribution is 6.18. The van der Waals surface area contributed by atoms with Gasteiger partial charge in [-0.2, -0.15) is 5.10 Å². The second-order valence-electron chi connectivity index (χ2n) is 12.7. The zero-order chi connectivity index (χ0) is 41.4. The maximum atomic E-state index is 13.7. The molecule has 0 unspecified atom stereocenters. The Morgan fingerprint density at radius 1 is 0.754 bits per heavy atom. The van der Waals surface area contributed by atoms with Crippen molar-refractivity contribution in [2.24, 2.45) is 33.9 Å². The molecule has 19 nitrogen and oxygen atoms in total. The van der Waals surface area contributed by atoms with E-state index in [9.17, 15) is 24.0 Å². The molecule has 0 aliphatic heterocycles. The normalized spacial score (nSPS) is 11.0. The number of amides is 5. The summed E-state index contributed by atoms with van der Waals surface area (Å²) in [6, 6.07) is 13.0. The van der Waals surface area contributed by atoms with Crippen LogP contribution in [0.3, 0.4) is 0 Å². The van der Waals surface area contributed by atoms with Crippen LogP contribution in [0.2, 0.25) is 0 Å². The van der Waals surface area contributed by atoms with Gasteiger partial charge in [0.1, 0.15) is 17.1 Å². The van der Waals surface area contributed by atoms with Crippen LogP contribution in [0, 0.1) is 5.41 Å². The van der Waals surface area contributed by atoms with Crippen molar-refractivity contribution in [3.05, 3.63) is 95.6 Å². The minimum atomic E-state index is -0.595. The highest BCUT2D eigenvalue weighted by Gasteiger charge is 2.29. The second-order valence-corrected chi connectivity index (χ2v) is 13.5. The molecule has 57 heavy (non-hydrogen) atoms. The number of halogens is 2. The molecule has 0 spiro atoms. The van der Waals surface area contributed by atoms with E-state index >= 15 is 0 Å². The van der Waals surface area contributed by atoms with E-state index in [4.69, 9.17) is 34.3 Å². The number of nitrogens with two attached hydrogens (primary N) is 1. The fourth-order valence-corrected chi connectivity index (χ4v) is 6.16. The van der Waals surface area contributed by atoms with E-state index in [1.54, 1.807) is 82.1 Å². The summed E-state index contributed by atoms with van der Waals surface area (Å²) in [5.74, 6) is -1.82. The molecule has 0 aliphatic rings. The number of hydrogen-bond acceptors (Lipinski definition) is 9. The van der Waals surface area contributed by atoms with Gasteiger partial charge in [-0.05, 0) is 24.3 Å². The Morgan fingerprint density at radius 2 is 1.33 bits per heavy atom. The van der Waals surface area contributed by atoms with Crippen molar-refractivity contribution in [1.82, 2.24) is 38.8 Å². The molecule has 7 N–H and O–H groups in total. The van der Waals surface area contributed by atoms with Crippen LogP contribution >= 0.6 is 23.2 Å². The third kappa shape index (κ3) is 10.1. The van der Waals surface area contributed by atoms with Crippen LogP contribution in [0.4, 0.5) is 23.0 Å². The predicted molar refractivity (Wildman–Crippen MR) is 216 cm³/mol. The first-order chi connectivity index (χ1) is 27.2. The summed E-state index contributed by atoms with van der Waals surface area (Å²) in [6.45, 7) is 0.750. The fraction of sp³-hybridized carbons (Fsp3) is 0.278. The molecule has 0 bridgehead atoms. The summed E-state index contributed by atoms with van der Waals surface area (Å²) in [5.41, 5.74) is 6.92. The van der Waals surface area contributed by atoms with Crippen LogP contribution in [-0.4, -0.2) is 100 Å². The molecule has 5 amide bonds. The third-order valence-corrected chi connectivity index (χ3v) is 8.83. The van der Waals surface area contributed by atoms with Crippen molar-refractivity contribution < 1.29 is 24.0 Å². The number of nitrogens with zero attached hydrogens (tertiary/aromatic N) is 8. The fourth-order valence-electron chi connectivity index (χ4n) is 5.77. The van der Waals surface area contributed by atoms with Crippen LogP contribution in [-0.2, 0) is 28.2 Å². The SMILES string of the molecule is Cn1cc(NC(=O)c2nc(N(C(=O)c3ccccc3)N(CCCl)CCCl)cn2C)cc1C(=O)Nc1cc(C(=O)Nc2cc(C(=O)NCCC(=N)N)n(C)n2)n(C)c1. The van der Waals surface area contributed by atoms with Crippen molar-refractivity contribution >= 4 is 81.6 Å². The first-order valence-electron chi connectivity index (χ1n) is 17.4. The number of carbonyl (C=O) groups is 5. The molecule has 0 saturated carbocycles. The quantitative estimate of drug-likeness (QED) is 0.0350. The largest absolute Gasteiger partial charge is 0.388 e. The van der Waals surface area contributed by atoms with E-state index in [2.05, 4.69) is 31.3 Å². The average Bonchev–Trinajstić information content (AvgIpc) is 3.93. The van der Waals surface area contributed by atoms with Crippen molar-refractivity contribution in [3.63, 3.8) is 0 Å². The lowest BCUT2D eigenvalue weighted by Crippen LogP contribution is -2.49. The molecule has 0 fully saturated rings. The van der Waals surface area contributed by atoms with Gasteiger partial charge in [-0.3, -0.25) is 34.1 Å². The van der Waals surface area contributed by atoms with Gasteiger partial charge in [-0.25, -0.2) is 15.0 Å². The molecule has 1 aromatic carbocycles. The minimum absolute atomic E-state index is 0.00707. The van der Waals surface area contributed by atoms with Gasteiger partial charge >= 0.3 is 0 Å². The summed E-state index contributed by atoms with van der Waals surface area (Å²) < 4.78 is 5.83.